The van der Waals surface area contributed by atoms with Crippen LogP contribution in [-0.4, -0.2) is 42.0 Å². The van der Waals surface area contributed by atoms with Crippen molar-refractivity contribution in [2.75, 3.05) is 6.54 Å². The first-order chi connectivity index (χ1) is 12.8. The van der Waals surface area contributed by atoms with E-state index in [1.165, 1.54) is 10.7 Å². The highest BCUT2D eigenvalue weighted by molar-refractivity contribution is 5.93. The van der Waals surface area contributed by atoms with Gasteiger partial charge >= 0.3 is 5.69 Å². The Bertz CT molecular complexity index is 1170. The number of hydrogen-bond donors (Lipinski definition) is 3. The number of carbonyl (C=O) groups excluding carboxylic acids is 1. The maximum absolute atomic E-state index is 12.0. The quantitative estimate of drug-likeness (QED) is 0.516. The van der Waals surface area contributed by atoms with Gasteiger partial charge in [0.25, 0.3) is 17.0 Å². The van der Waals surface area contributed by atoms with E-state index in [2.05, 4.69) is 20.5 Å². The highest BCUT2D eigenvalue weighted by Gasteiger charge is 2.11. The van der Waals surface area contributed by atoms with Crippen LogP contribution in [0.3, 0.4) is 0 Å². The lowest BCUT2D eigenvalue weighted by Crippen LogP contribution is -2.36. The molecule has 0 aliphatic rings. The van der Waals surface area contributed by atoms with Crippen molar-refractivity contribution < 1.29 is 4.79 Å². The van der Waals surface area contributed by atoms with Gasteiger partial charge in [0.05, 0.1) is 12.2 Å². The van der Waals surface area contributed by atoms with Crippen molar-refractivity contribution >= 4 is 5.91 Å². The van der Waals surface area contributed by atoms with Gasteiger partial charge in [-0.1, -0.05) is 0 Å². The number of nitrogens with zero attached hydrogens (tertiary/aromatic N) is 4. The Hall–Kier alpha value is -3.76. The van der Waals surface area contributed by atoms with Gasteiger partial charge in [-0.2, -0.15) is 5.10 Å². The minimum absolute atomic E-state index is 0.0604. The van der Waals surface area contributed by atoms with Gasteiger partial charge in [0, 0.05) is 24.5 Å². The van der Waals surface area contributed by atoms with Crippen molar-refractivity contribution in [1.82, 2.24) is 34.8 Å². The molecule has 0 aromatic carbocycles. The largest absolute Gasteiger partial charge is 0.350 e. The van der Waals surface area contributed by atoms with Crippen LogP contribution in [0.5, 0.6) is 0 Å². The van der Waals surface area contributed by atoms with E-state index in [9.17, 15) is 19.2 Å². The predicted molar refractivity (Wildman–Crippen MR) is 95.1 cm³/mol. The van der Waals surface area contributed by atoms with Gasteiger partial charge in [-0.15, -0.1) is 5.10 Å². The summed E-state index contributed by atoms with van der Waals surface area (Å²) >= 11 is 0. The smallest absolute Gasteiger partial charge is 0.325 e. The fourth-order valence-electron chi connectivity index (χ4n) is 2.52. The molecular formula is C16H17N7O4. The van der Waals surface area contributed by atoms with Crippen LogP contribution in [0, 0.1) is 13.8 Å². The SMILES string of the molecule is Cc1cc(C)n(-c2ccc(=O)n(CCNC(=O)c3c[nH]c(=O)[nH]c3=O)n2)n1. The number of aromatic amines is 2. The van der Waals surface area contributed by atoms with Gasteiger partial charge in [0.2, 0.25) is 0 Å². The maximum Gasteiger partial charge on any atom is 0.325 e. The third-order valence-corrected chi connectivity index (χ3v) is 3.75. The van der Waals surface area contributed by atoms with E-state index in [1.807, 2.05) is 24.9 Å². The summed E-state index contributed by atoms with van der Waals surface area (Å²) in [7, 11) is 0. The van der Waals surface area contributed by atoms with E-state index >= 15 is 0 Å². The fraction of sp³-hybridized carbons (Fsp3) is 0.250. The Balaban J connectivity index is 1.72. The molecule has 0 unspecified atom stereocenters. The number of carbonyl (C=O) groups is 1. The van der Waals surface area contributed by atoms with Crippen LogP contribution in [0.1, 0.15) is 21.7 Å². The molecule has 0 radical (unpaired) electrons. The molecule has 11 heteroatoms. The molecule has 3 N–H and O–H groups in total. The average molecular weight is 371 g/mol. The zero-order valence-corrected chi connectivity index (χ0v) is 14.6. The van der Waals surface area contributed by atoms with E-state index in [-0.39, 0.29) is 24.2 Å². The molecule has 3 heterocycles. The number of H-pyrrole nitrogens is 2. The zero-order valence-electron chi connectivity index (χ0n) is 14.6. The minimum atomic E-state index is -0.793. The van der Waals surface area contributed by atoms with Gasteiger partial charge in [0.1, 0.15) is 5.56 Å². The van der Waals surface area contributed by atoms with E-state index < -0.39 is 17.2 Å². The summed E-state index contributed by atoms with van der Waals surface area (Å²) in [6.07, 6.45) is 1.03. The van der Waals surface area contributed by atoms with Crippen molar-refractivity contribution in [2.45, 2.75) is 20.4 Å². The van der Waals surface area contributed by atoms with Crippen molar-refractivity contribution in [3.8, 4) is 5.82 Å². The van der Waals surface area contributed by atoms with Crippen LogP contribution >= 0.6 is 0 Å². The van der Waals surface area contributed by atoms with Gasteiger partial charge < -0.3 is 10.3 Å². The van der Waals surface area contributed by atoms with Crippen molar-refractivity contribution in [3.05, 3.63) is 72.5 Å². The molecule has 0 aliphatic carbocycles. The van der Waals surface area contributed by atoms with Crippen LogP contribution in [0.15, 0.2) is 38.8 Å². The van der Waals surface area contributed by atoms with Crippen LogP contribution in [0.2, 0.25) is 0 Å². The fourth-order valence-corrected chi connectivity index (χ4v) is 2.52. The Morgan fingerprint density at radius 3 is 2.63 bits per heavy atom. The molecule has 0 aliphatic heterocycles. The molecule has 0 atom stereocenters. The first-order valence-electron chi connectivity index (χ1n) is 8.07. The average Bonchev–Trinajstić information content (AvgIpc) is 2.94. The molecule has 0 saturated heterocycles. The monoisotopic (exact) mass is 371 g/mol. The van der Waals surface area contributed by atoms with E-state index in [0.717, 1.165) is 17.6 Å². The lowest BCUT2D eigenvalue weighted by Gasteiger charge is -2.09. The van der Waals surface area contributed by atoms with E-state index in [0.29, 0.717) is 5.82 Å². The molecule has 0 saturated carbocycles. The summed E-state index contributed by atoms with van der Waals surface area (Å²) in [6.45, 7) is 3.89. The van der Waals surface area contributed by atoms with Gasteiger partial charge in [-0.25, -0.2) is 14.2 Å². The third-order valence-electron chi connectivity index (χ3n) is 3.75. The molecule has 0 bridgehead atoms. The summed E-state index contributed by atoms with van der Waals surface area (Å²) < 4.78 is 2.81. The highest BCUT2D eigenvalue weighted by Crippen LogP contribution is 2.07. The van der Waals surface area contributed by atoms with Crippen molar-refractivity contribution in [2.24, 2.45) is 0 Å². The standard InChI is InChI=1S/C16H17N7O4/c1-9-7-10(2)23(20-9)12-3-4-13(24)22(21-12)6-5-17-14(25)11-8-18-16(27)19-15(11)26/h3-4,7-8H,5-6H2,1-2H3,(H,17,25)(H2,18,19,26,27). The molecule has 1 amide bonds. The van der Waals surface area contributed by atoms with Crippen LogP contribution in [0.4, 0.5) is 0 Å². The summed E-state index contributed by atoms with van der Waals surface area (Å²) in [6, 6.07) is 4.82. The number of aryl methyl sites for hydroxylation is 2. The second-order valence-corrected chi connectivity index (χ2v) is 5.83. The maximum atomic E-state index is 12.0. The molecule has 27 heavy (non-hydrogen) atoms. The van der Waals surface area contributed by atoms with Gasteiger partial charge in [-0.3, -0.25) is 19.4 Å². The lowest BCUT2D eigenvalue weighted by atomic mass is 10.3. The van der Waals surface area contributed by atoms with Crippen LogP contribution in [0.25, 0.3) is 5.82 Å². The first-order valence-corrected chi connectivity index (χ1v) is 8.07. The highest BCUT2D eigenvalue weighted by atomic mass is 16.2. The normalized spacial score (nSPS) is 10.7. The van der Waals surface area contributed by atoms with Gasteiger partial charge in [-0.05, 0) is 26.0 Å². The number of hydrogen-bond acceptors (Lipinski definition) is 6. The van der Waals surface area contributed by atoms with Crippen LogP contribution in [-0.2, 0) is 6.54 Å². The molecule has 11 nitrogen and oxygen atoms in total. The lowest BCUT2D eigenvalue weighted by molar-refractivity contribution is 0.0949. The van der Waals surface area contributed by atoms with Crippen molar-refractivity contribution in [3.63, 3.8) is 0 Å². The second-order valence-electron chi connectivity index (χ2n) is 5.83. The number of nitrogens with one attached hydrogen (secondary N) is 3. The number of aromatic nitrogens is 6. The number of rotatable bonds is 5. The Morgan fingerprint density at radius 1 is 1.19 bits per heavy atom. The molecule has 3 aromatic heterocycles. The predicted octanol–water partition coefficient (Wildman–Crippen LogP) is -1.15. The Kier molecular flexibility index (Phi) is 4.83. The third kappa shape index (κ3) is 3.92. The summed E-state index contributed by atoms with van der Waals surface area (Å²) in [5, 5.41) is 11.1. The number of amides is 1. The van der Waals surface area contributed by atoms with E-state index in [1.54, 1.807) is 10.7 Å². The van der Waals surface area contributed by atoms with Crippen molar-refractivity contribution in [1.29, 1.82) is 0 Å². The summed E-state index contributed by atoms with van der Waals surface area (Å²) in [5.41, 5.74) is -0.365. The molecule has 0 spiro atoms. The second kappa shape index (κ2) is 7.23. The summed E-state index contributed by atoms with van der Waals surface area (Å²) in [5.74, 6) is -0.196. The summed E-state index contributed by atoms with van der Waals surface area (Å²) in [4.78, 5) is 50.8. The Labute approximate surface area is 151 Å². The molecule has 3 aromatic rings. The first kappa shape index (κ1) is 18.0. The van der Waals surface area contributed by atoms with Crippen LogP contribution < -0.4 is 22.1 Å². The molecular weight excluding hydrogens is 354 g/mol. The minimum Gasteiger partial charge on any atom is -0.350 e. The van der Waals surface area contributed by atoms with Gasteiger partial charge in [0.15, 0.2) is 5.82 Å². The zero-order chi connectivity index (χ0) is 19.6. The Morgan fingerprint density at radius 2 is 1.96 bits per heavy atom. The molecule has 3 rings (SSSR count). The molecule has 140 valence electrons. The van der Waals surface area contributed by atoms with E-state index in [4.69, 9.17) is 0 Å². The molecule has 0 fully saturated rings. The topological polar surface area (TPSA) is 148 Å².